The molecule has 0 bridgehead atoms. The van der Waals surface area contributed by atoms with Gasteiger partial charge in [0.05, 0.1) is 0 Å². The van der Waals surface area contributed by atoms with Crippen molar-refractivity contribution in [3.05, 3.63) is 35.1 Å². The summed E-state index contributed by atoms with van der Waals surface area (Å²) < 4.78 is 13.0. The Hall–Kier alpha value is -0.370. The summed E-state index contributed by atoms with van der Waals surface area (Å²) in [4.78, 5) is 0.259. The van der Waals surface area contributed by atoms with Crippen LogP contribution in [0.1, 0.15) is 36.7 Å². The maximum absolute atomic E-state index is 13.0. The molecule has 0 aliphatic heterocycles. The fourth-order valence-corrected chi connectivity index (χ4v) is 1.61. The number of hydrogen-bond donors (Lipinski definition) is 0. The molecular formula is C12H16BrF. The minimum absolute atomic E-state index is 0.137. The second kappa shape index (κ2) is 4.01. The Bertz CT molecular complexity index is 326. The molecule has 2 heteroatoms. The van der Waals surface area contributed by atoms with Crippen molar-refractivity contribution in [1.29, 1.82) is 0 Å². The lowest BCUT2D eigenvalue weighted by Gasteiger charge is -2.26. The van der Waals surface area contributed by atoms with Gasteiger partial charge in [0, 0.05) is 4.83 Å². The fraction of sp³-hybridized carbons (Fsp3) is 0.500. The fourth-order valence-electron chi connectivity index (χ4n) is 1.33. The van der Waals surface area contributed by atoms with Crippen molar-refractivity contribution in [3.63, 3.8) is 0 Å². The molecule has 0 aliphatic carbocycles. The summed E-state index contributed by atoms with van der Waals surface area (Å²) in [6.45, 7) is 8.27. The van der Waals surface area contributed by atoms with Gasteiger partial charge in [0.1, 0.15) is 5.82 Å². The van der Waals surface area contributed by atoms with Gasteiger partial charge in [0.15, 0.2) is 0 Å². The van der Waals surface area contributed by atoms with Crippen LogP contribution < -0.4 is 0 Å². The van der Waals surface area contributed by atoms with Crippen LogP contribution in [0.15, 0.2) is 18.2 Å². The van der Waals surface area contributed by atoms with E-state index in [1.165, 1.54) is 6.07 Å². The van der Waals surface area contributed by atoms with Crippen molar-refractivity contribution in [3.8, 4) is 0 Å². The first kappa shape index (κ1) is 11.7. The molecule has 0 amide bonds. The van der Waals surface area contributed by atoms with Crippen molar-refractivity contribution in [2.24, 2.45) is 5.41 Å². The van der Waals surface area contributed by atoms with Crippen LogP contribution in [-0.2, 0) is 0 Å². The molecule has 14 heavy (non-hydrogen) atoms. The Kier molecular flexibility index (Phi) is 3.36. The summed E-state index contributed by atoms with van der Waals surface area (Å²) in [5.41, 5.74) is 1.98. The van der Waals surface area contributed by atoms with E-state index < -0.39 is 0 Å². The number of halogens is 2. The van der Waals surface area contributed by atoms with Gasteiger partial charge in [-0.3, -0.25) is 0 Å². The Balaban J connectivity index is 3.03. The molecule has 0 fully saturated rings. The van der Waals surface area contributed by atoms with Crippen molar-refractivity contribution in [1.82, 2.24) is 0 Å². The van der Waals surface area contributed by atoms with Gasteiger partial charge in [-0.2, -0.15) is 0 Å². The van der Waals surface area contributed by atoms with E-state index in [1.807, 2.05) is 12.1 Å². The van der Waals surface area contributed by atoms with Gasteiger partial charge >= 0.3 is 0 Å². The lowest BCUT2D eigenvalue weighted by molar-refractivity contribution is 0.407. The van der Waals surface area contributed by atoms with Gasteiger partial charge in [-0.1, -0.05) is 48.8 Å². The Labute approximate surface area is 93.7 Å². The monoisotopic (exact) mass is 258 g/mol. The summed E-state index contributed by atoms with van der Waals surface area (Å²) in [7, 11) is 0. The van der Waals surface area contributed by atoms with Crippen molar-refractivity contribution in [2.75, 3.05) is 0 Å². The van der Waals surface area contributed by atoms with Crippen LogP contribution in [0.5, 0.6) is 0 Å². The van der Waals surface area contributed by atoms with E-state index in [2.05, 4.69) is 36.7 Å². The van der Waals surface area contributed by atoms with E-state index >= 15 is 0 Å². The van der Waals surface area contributed by atoms with Crippen LogP contribution in [0.25, 0.3) is 0 Å². The minimum atomic E-state index is -0.137. The van der Waals surface area contributed by atoms with Crippen molar-refractivity contribution >= 4 is 15.9 Å². The van der Waals surface area contributed by atoms with E-state index in [-0.39, 0.29) is 16.1 Å². The molecule has 0 nitrogen and oxygen atoms in total. The van der Waals surface area contributed by atoms with Crippen LogP contribution in [-0.4, -0.2) is 0 Å². The molecule has 1 aromatic rings. The lowest BCUT2D eigenvalue weighted by atomic mass is 9.87. The SMILES string of the molecule is Cc1cc(C(Br)C(C)(C)C)ccc1F. The zero-order chi connectivity index (χ0) is 10.9. The highest BCUT2D eigenvalue weighted by Crippen LogP contribution is 2.40. The molecule has 0 aliphatic rings. The highest BCUT2D eigenvalue weighted by Gasteiger charge is 2.23. The average Bonchev–Trinajstić information content (AvgIpc) is 2.07. The number of benzene rings is 1. The van der Waals surface area contributed by atoms with E-state index in [0.717, 1.165) is 5.56 Å². The third kappa shape index (κ3) is 2.57. The highest BCUT2D eigenvalue weighted by atomic mass is 79.9. The largest absolute Gasteiger partial charge is 0.207 e. The predicted molar refractivity (Wildman–Crippen MR) is 62.3 cm³/mol. The molecular weight excluding hydrogens is 243 g/mol. The first-order valence-electron chi connectivity index (χ1n) is 4.72. The molecule has 1 rings (SSSR count). The summed E-state index contributed by atoms with van der Waals surface area (Å²) in [5, 5.41) is 0. The summed E-state index contributed by atoms with van der Waals surface area (Å²) in [6, 6.07) is 5.28. The van der Waals surface area contributed by atoms with Crippen LogP contribution in [0.4, 0.5) is 4.39 Å². The molecule has 0 N–H and O–H groups in total. The molecule has 0 heterocycles. The van der Waals surface area contributed by atoms with E-state index in [0.29, 0.717) is 5.56 Å². The minimum Gasteiger partial charge on any atom is -0.207 e. The molecule has 78 valence electrons. The van der Waals surface area contributed by atoms with Crippen molar-refractivity contribution in [2.45, 2.75) is 32.5 Å². The average molecular weight is 259 g/mol. The predicted octanol–water partition coefficient (Wildman–Crippen LogP) is 4.62. The number of aryl methyl sites for hydroxylation is 1. The number of alkyl halides is 1. The smallest absolute Gasteiger partial charge is 0.126 e. The normalized spacial score (nSPS) is 14.1. The van der Waals surface area contributed by atoms with Gasteiger partial charge in [0.2, 0.25) is 0 Å². The zero-order valence-corrected chi connectivity index (χ0v) is 10.7. The summed E-state index contributed by atoms with van der Waals surface area (Å²) in [5.74, 6) is -0.137. The van der Waals surface area contributed by atoms with Crippen LogP contribution in [0.2, 0.25) is 0 Å². The quantitative estimate of drug-likeness (QED) is 0.646. The second-order valence-corrected chi connectivity index (χ2v) is 5.65. The lowest BCUT2D eigenvalue weighted by Crippen LogP contribution is -2.12. The zero-order valence-electron chi connectivity index (χ0n) is 9.07. The maximum Gasteiger partial charge on any atom is 0.126 e. The Morgan fingerprint density at radius 3 is 2.29 bits per heavy atom. The Morgan fingerprint density at radius 1 is 1.29 bits per heavy atom. The molecule has 0 spiro atoms. The second-order valence-electron chi connectivity index (χ2n) is 4.74. The first-order chi connectivity index (χ1) is 6.32. The standard InChI is InChI=1S/C12H16BrF/c1-8-7-9(5-6-10(8)14)11(13)12(2,3)4/h5-7,11H,1-4H3. The van der Waals surface area contributed by atoms with E-state index in [4.69, 9.17) is 0 Å². The van der Waals surface area contributed by atoms with E-state index in [9.17, 15) is 4.39 Å². The number of hydrogen-bond acceptors (Lipinski definition) is 0. The summed E-state index contributed by atoms with van der Waals surface area (Å²) in [6.07, 6.45) is 0. The third-order valence-electron chi connectivity index (χ3n) is 2.23. The highest BCUT2D eigenvalue weighted by molar-refractivity contribution is 9.09. The van der Waals surface area contributed by atoms with Crippen LogP contribution >= 0.6 is 15.9 Å². The van der Waals surface area contributed by atoms with Gasteiger partial charge in [0.25, 0.3) is 0 Å². The molecule has 1 aromatic carbocycles. The molecule has 0 aromatic heterocycles. The van der Waals surface area contributed by atoms with E-state index in [1.54, 1.807) is 6.92 Å². The van der Waals surface area contributed by atoms with Crippen LogP contribution in [0, 0.1) is 18.2 Å². The van der Waals surface area contributed by atoms with Gasteiger partial charge in [-0.25, -0.2) is 4.39 Å². The maximum atomic E-state index is 13.0. The van der Waals surface area contributed by atoms with Gasteiger partial charge in [-0.05, 0) is 29.5 Å². The Morgan fingerprint density at radius 2 is 1.86 bits per heavy atom. The van der Waals surface area contributed by atoms with Gasteiger partial charge in [-0.15, -0.1) is 0 Å². The molecule has 1 unspecified atom stereocenters. The topological polar surface area (TPSA) is 0 Å². The molecule has 0 radical (unpaired) electrons. The summed E-state index contributed by atoms with van der Waals surface area (Å²) >= 11 is 3.64. The first-order valence-corrected chi connectivity index (χ1v) is 5.64. The third-order valence-corrected chi connectivity index (χ3v) is 4.14. The van der Waals surface area contributed by atoms with Crippen LogP contribution in [0.3, 0.4) is 0 Å². The molecule has 0 saturated heterocycles. The number of rotatable bonds is 1. The van der Waals surface area contributed by atoms with Gasteiger partial charge < -0.3 is 0 Å². The van der Waals surface area contributed by atoms with Crippen molar-refractivity contribution < 1.29 is 4.39 Å². The molecule has 1 atom stereocenters. The molecule has 0 saturated carbocycles.